The number of nitrogens with zero attached hydrogens (tertiary/aromatic N) is 1. The molecule has 0 spiro atoms. The van der Waals surface area contributed by atoms with Gasteiger partial charge in [0.1, 0.15) is 11.3 Å². The lowest BCUT2D eigenvalue weighted by Gasteiger charge is -2.17. The minimum absolute atomic E-state index is 0.0456. The fourth-order valence-corrected chi connectivity index (χ4v) is 2.65. The van der Waals surface area contributed by atoms with Crippen LogP contribution in [-0.4, -0.2) is 17.1 Å². The van der Waals surface area contributed by atoms with Crippen LogP contribution in [0.2, 0.25) is 0 Å². The Hall–Kier alpha value is -1.65. The summed E-state index contributed by atoms with van der Waals surface area (Å²) >= 11 is 3.36. The third-order valence-electron chi connectivity index (χ3n) is 2.88. The first-order valence-corrected chi connectivity index (χ1v) is 6.18. The van der Waals surface area contributed by atoms with Gasteiger partial charge in [0, 0.05) is 17.0 Å². The van der Waals surface area contributed by atoms with Crippen LogP contribution in [0.4, 0.5) is 5.69 Å². The molecule has 1 fully saturated rings. The number of isocyanates is 1. The molecule has 1 aromatic carbocycles. The molecule has 0 aromatic heterocycles. The van der Waals surface area contributed by atoms with Crippen molar-refractivity contribution >= 4 is 33.6 Å². The number of hydrogen-bond acceptors (Lipinski definition) is 4. The van der Waals surface area contributed by atoms with Crippen LogP contribution in [-0.2, 0) is 15.1 Å². The Labute approximate surface area is 112 Å². The number of amides is 1. The number of aliphatic imine (C=N–C) groups is 1. The van der Waals surface area contributed by atoms with E-state index in [1.807, 2.05) is 0 Å². The summed E-state index contributed by atoms with van der Waals surface area (Å²) < 4.78 is 0.695. The van der Waals surface area contributed by atoms with Gasteiger partial charge in [-0.05, 0) is 25.0 Å². The molecule has 94 valence electrons. The van der Waals surface area contributed by atoms with Crippen LogP contribution in [0.5, 0.6) is 5.75 Å². The maximum atomic E-state index is 11.2. The summed E-state index contributed by atoms with van der Waals surface area (Å²) in [6.45, 7) is 1.35. The first kappa shape index (κ1) is 12.8. The van der Waals surface area contributed by atoms with Gasteiger partial charge in [0.2, 0.25) is 12.0 Å². The molecule has 2 N–H and O–H groups in total. The predicted octanol–water partition coefficient (Wildman–Crippen LogP) is 2.44. The molecule has 0 atom stereocenters. The molecule has 1 amide bonds. The molecule has 1 aromatic rings. The lowest BCUT2D eigenvalue weighted by atomic mass is 10.0. The van der Waals surface area contributed by atoms with Crippen LogP contribution < -0.4 is 5.32 Å². The van der Waals surface area contributed by atoms with E-state index in [9.17, 15) is 14.7 Å². The Bertz CT molecular complexity index is 561. The lowest BCUT2D eigenvalue weighted by Crippen LogP contribution is -2.13. The van der Waals surface area contributed by atoms with Gasteiger partial charge in [0.15, 0.2) is 0 Å². The van der Waals surface area contributed by atoms with Crippen molar-refractivity contribution < 1.29 is 14.7 Å². The average molecular weight is 311 g/mol. The van der Waals surface area contributed by atoms with Crippen molar-refractivity contribution in [1.82, 2.24) is 0 Å². The number of phenolic OH excluding ortho intramolecular Hbond substituents is 1. The number of benzene rings is 1. The summed E-state index contributed by atoms with van der Waals surface area (Å²) in [5.41, 5.74) is 0.256. The van der Waals surface area contributed by atoms with Crippen molar-refractivity contribution in [3.05, 3.63) is 22.2 Å². The molecule has 1 aliphatic carbocycles. The Morgan fingerprint density at radius 2 is 2.22 bits per heavy atom. The number of carbonyl (C=O) groups excluding carboxylic acids is 2. The van der Waals surface area contributed by atoms with Crippen molar-refractivity contribution in [1.29, 1.82) is 0 Å². The molecule has 5 nitrogen and oxygen atoms in total. The second kappa shape index (κ2) is 4.55. The highest BCUT2D eigenvalue weighted by atomic mass is 79.9. The van der Waals surface area contributed by atoms with Crippen LogP contribution >= 0.6 is 15.9 Å². The predicted molar refractivity (Wildman–Crippen MR) is 69.1 cm³/mol. The number of hydrogen-bond donors (Lipinski definition) is 2. The van der Waals surface area contributed by atoms with Gasteiger partial charge >= 0.3 is 0 Å². The average Bonchev–Trinajstić information content (AvgIpc) is 3.04. The van der Waals surface area contributed by atoms with E-state index in [0.717, 1.165) is 0 Å². The molecule has 0 radical (unpaired) electrons. The van der Waals surface area contributed by atoms with Crippen molar-refractivity contribution in [3.8, 4) is 5.75 Å². The number of aromatic hydroxyl groups is 1. The molecule has 0 bridgehead atoms. The number of anilines is 1. The summed E-state index contributed by atoms with van der Waals surface area (Å²) in [4.78, 5) is 25.5. The summed E-state index contributed by atoms with van der Waals surface area (Å²) in [6.07, 6.45) is 2.94. The molecule has 6 heteroatoms. The van der Waals surface area contributed by atoms with Gasteiger partial charge in [-0.1, -0.05) is 15.9 Å². The molecule has 1 saturated carbocycles. The smallest absolute Gasteiger partial charge is 0.235 e. The maximum absolute atomic E-state index is 11.2. The van der Waals surface area contributed by atoms with Crippen LogP contribution in [0.15, 0.2) is 21.6 Å². The van der Waals surface area contributed by atoms with Gasteiger partial charge in [-0.15, -0.1) is 0 Å². The van der Waals surface area contributed by atoms with E-state index in [1.165, 1.54) is 13.0 Å². The first-order chi connectivity index (χ1) is 8.50. The summed E-state index contributed by atoms with van der Waals surface area (Å²) in [5.74, 6) is -0.341. The maximum Gasteiger partial charge on any atom is 0.235 e. The Balaban J connectivity index is 2.61. The molecule has 0 heterocycles. The number of nitrogens with one attached hydrogen (secondary N) is 1. The zero-order chi connectivity index (χ0) is 13.3. The fraction of sp³-hybridized carbons (Fsp3) is 0.333. The molecule has 0 aliphatic heterocycles. The number of halogens is 1. The highest BCUT2D eigenvalue weighted by Crippen LogP contribution is 2.55. The quantitative estimate of drug-likeness (QED) is 0.511. The van der Waals surface area contributed by atoms with E-state index >= 15 is 0 Å². The van der Waals surface area contributed by atoms with Crippen molar-refractivity contribution in [2.24, 2.45) is 4.99 Å². The van der Waals surface area contributed by atoms with Crippen LogP contribution in [0, 0.1) is 0 Å². The molecule has 1 aliphatic rings. The first-order valence-electron chi connectivity index (χ1n) is 5.39. The van der Waals surface area contributed by atoms with Crippen LogP contribution in [0.1, 0.15) is 25.3 Å². The van der Waals surface area contributed by atoms with E-state index in [2.05, 4.69) is 26.2 Å². The Morgan fingerprint density at radius 3 is 2.72 bits per heavy atom. The minimum atomic E-state index is -0.670. The third-order valence-corrected chi connectivity index (χ3v) is 3.54. The van der Waals surface area contributed by atoms with E-state index < -0.39 is 5.54 Å². The van der Waals surface area contributed by atoms with Gasteiger partial charge < -0.3 is 10.4 Å². The normalized spacial score (nSPS) is 15.7. The van der Waals surface area contributed by atoms with Gasteiger partial charge in [-0.3, -0.25) is 4.79 Å². The zero-order valence-corrected chi connectivity index (χ0v) is 11.2. The Kier molecular flexibility index (Phi) is 3.24. The zero-order valence-electron chi connectivity index (χ0n) is 9.66. The molecule has 0 saturated heterocycles. The molecular weight excluding hydrogens is 300 g/mol. The van der Waals surface area contributed by atoms with Crippen molar-refractivity contribution in [2.45, 2.75) is 25.3 Å². The third kappa shape index (κ3) is 2.17. The Morgan fingerprint density at radius 1 is 1.56 bits per heavy atom. The summed E-state index contributed by atoms with van der Waals surface area (Å²) in [6, 6.07) is 3.13. The highest BCUT2D eigenvalue weighted by Gasteiger charge is 2.48. The monoisotopic (exact) mass is 310 g/mol. The van der Waals surface area contributed by atoms with Gasteiger partial charge in [-0.25, -0.2) is 4.79 Å². The largest absolute Gasteiger partial charge is 0.506 e. The molecular formula is C12H11BrN2O3. The second-order valence-corrected chi connectivity index (χ2v) is 5.09. The number of rotatable bonds is 3. The van der Waals surface area contributed by atoms with Gasteiger partial charge in [-0.2, -0.15) is 4.99 Å². The molecule has 2 rings (SSSR count). The fourth-order valence-electron chi connectivity index (χ4n) is 1.95. The number of phenols is 1. The second-order valence-electron chi connectivity index (χ2n) is 4.23. The highest BCUT2D eigenvalue weighted by molar-refractivity contribution is 9.10. The van der Waals surface area contributed by atoms with Crippen molar-refractivity contribution in [3.63, 3.8) is 0 Å². The van der Waals surface area contributed by atoms with E-state index in [1.54, 1.807) is 12.1 Å². The summed E-state index contributed by atoms with van der Waals surface area (Å²) in [5, 5.41) is 12.4. The van der Waals surface area contributed by atoms with Gasteiger partial charge in [0.25, 0.3) is 0 Å². The SMILES string of the molecule is CC(=O)Nc1c(O)ccc(Br)c1C1(N=C=O)CC1. The summed E-state index contributed by atoms with van der Waals surface area (Å²) in [7, 11) is 0. The van der Waals surface area contributed by atoms with Crippen LogP contribution in [0.25, 0.3) is 0 Å². The van der Waals surface area contributed by atoms with Crippen molar-refractivity contribution in [2.75, 3.05) is 5.32 Å². The number of carbonyl (C=O) groups is 1. The topological polar surface area (TPSA) is 78.8 Å². The molecule has 18 heavy (non-hydrogen) atoms. The van der Waals surface area contributed by atoms with Gasteiger partial charge in [0.05, 0.1) is 5.69 Å². The lowest BCUT2D eigenvalue weighted by molar-refractivity contribution is -0.114. The molecule has 0 unspecified atom stereocenters. The standard InChI is InChI=1S/C12H11BrN2O3/c1-7(17)15-11-9(18)3-2-8(13)10(11)12(4-5-12)14-6-16/h2-3,18H,4-5H2,1H3,(H,15,17). The van der Waals surface area contributed by atoms with E-state index in [0.29, 0.717) is 28.6 Å². The van der Waals surface area contributed by atoms with E-state index in [4.69, 9.17) is 0 Å². The van der Waals surface area contributed by atoms with E-state index in [-0.39, 0.29) is 11.7 Å². The minimum Gasteiger partial charge on any atom is -0.506 e. The van der Waals surface area contributed by atoms with Crippen LogP contribution in [0.3, 0.4) is 0 Å².